The van der Waals surface area contributed by atoms with Crippen LogP contribution in [0.15, 0.2) is 0 Å². The molecule has 0 aromatic carbocycles. The first-order valence-corrected chi connectivity index (χ1v) is 3.78. The largest absolute Gasteiger partial charge is 0.461 e. The van der Waals surface area contributed by atoms with Gasteiger partial charge in [0.2, 0.25) is 0 Å². The summed E-state index contributed by atoms with van der Waals surface area (Å²) >= 11 is 2.23. The maximum atomic E-state index is 10.4. The van der Waals surface area contributed by atoms with E-state index in [-0.39, 0.29) is 12.1 Å². The first kappa shape index (κ1) is 6.32. The van der Waals surface area contributed by atoms with Crippen molar-refractivity contribution in [1.29, 1.82) is 0 Å². The predicted molar refractivity (Wildman–Crippen MR) is 38.0 cm³/mol. The number of ether oxygens (including phenoxy) is 1. The standard InChI is InChI=1S/C5H7IO2/c1-3-4(6)2-5(7)8-3/h3-4H,2H2,1H3. The Morgan fingerprint density at radius 1 is 1.88 bits per heavy atom. The second kappa shape index (κ2) is 2.21. The second-order valence-electron chi connectivity index (χ2n) is 1.92. The minimum Gasteiger partial charge on any atom is -0.461 e. The van der Waals surface area contributed by atoms with E-state index in [9.17, 15) is 4.79 Å². The Labute approximate surface area is 61.7 Å². The van der Waals surface area contributed by atoms with E-state index in [1.807, 2.05) is 6.92 Å². The third-order valence-corrected chi connectivity index (χ3v) is 2.64. The molecule has 0 aromatic rings. The van der Waals surface area contributed by atoms with Crippen LogP contribution >= 0.6 is 22.6 Å². The Kier molecular flexibility index (Phi) is 1.74. The van der Waals surface area contributed by atoms with E-state index in [1.54, 1.807) is 0 Å². The van der Waals surface area contributed by atoms with E-state index >= 15 is 0 Å². The van der Waals surface area contributed by atoms with Gasteiger partial charge in [0.1, 0.15) is 6.10 Å². The molecule has 2 unspecified atom stereocenters. The second-order valence-corrected chi connectivity index (χ2v) is 3.52. The van der Waals surface area contributed by atoms with Crippen molar-refractivity contribution in [2.75, 3.05) is 0 Å². The fraction of sp³-hybridized carbons (Fsp3) is 0.800. The zero-order chi connectivity index (χ0) is 6.15. The normalized spacial score (nSPS) is 37.5. The molecular weight excluding hydrogens is 219 g/mol. The monoisotopic (exact) mass is 226 g/mol. The van der Waals surface area contributed by atoms with Gasteiger partial charge in [-0.05, 0) is 6.92 Å². The van der Waals surface area contributed by atoms with Crippen LogP contribution in [0.2, 0.25) is 0 Å². The number of cyclic esters (lactones) is 1. The summed E-state index contributed by atoms with van der Waals surface area (Å²) < 4.78 is 5.22. The van der Waals surface area contributed by atoms with Crippen molar-refractivity contribution >= 4 is 28.6 Å². The van der Waals surface area contributed by atoms with Crippen LogP contribution in [0.5, 0.6) is 0 Å². The van der Waals surface area contributed by atoms with Gasteiger partial charge in [-0.1, -0.05) is 22.6 Å². The number of alkyl halides is 1. The molecule has 1 fully saturated rings. The average Bonchev–Trinajstić information content (AvgIpc) is 1.85. The van der Waals surface area contributed by atoms with E-state index in [2.05, 4.69) is 22.6 Å². The van der Waals surface area contributed by atoms with Crippen LogP contribution in [-0.2, 0) is 9.53 Å². The van der Waals surface area contributed by atoms with Crippen molar-refractivity contribution in [3.05, 3.63) is 0 Å². The SMILES string of the molecule is CC1OC(=O)CC1I. The lowest BCUT2D eigenvalue weighted by molar-refractivity contribution is -0.140. The third-order valence-electron chi connectivity index (χ3n) is 1.19. The molecule has 2 atom stereocenters. The number of hydrogen-bond acceptors (Lipinski definition) is 2. The number of hydrogen-bond donors (Lipinski definition) is 0. The third kappa shape index (κ3) is 1.13. The van der Waals surface area contributed by atoms with Gasteiger partial charge >= 0.3 is 5.97 Å². The van der Waals surface area contributed by atoms with Crippen molar-refractivity contribution in [2.45, 2.75) is 23.4 Å². The van der Waals surface area contributed by atoms with E-state index in [0.717, 1.165) is 0 Å². The molecule has 1 aliphatic rings. The smallest absolute Gasteiger partial charge is 0.307 e. The lowest BCUT2D eigenvalue weighted by atomic mass is 10.3. The van der Waals surface area contributed by atoms with Gasteiger partial charge in [-0.15, -0.1) is 0 Å². The minimum atomic E-state index is -0.0584. The Morgan fingerprint density at radius 2 is 2.50 bits per heavy atom. The maximum Gasteiger partial charge on any atom is 0.307 e. The average molecular weight is 226 g/mol. The van der Waals surface area contributed by atoms with Gasteiger partial charge in [0.25, 0.3) is 0 Å². The van der Waals surface area contributed by atoms with E-state index in [4.69, 9.17) is 4.74 Å². The first-order valence-electron chi connectivity index (χ1n) is 2.53. The molecule has 0 amide bonds. The number of halogens is 1. The number of rotatable bonds is 0. The van der Waals surface area contributed by atoms with Crippen LogP contribution in [0.1, 0.15) is 13.3 Å². The van der Waals surface area contributed by atoms with Crippen LogP contribution < -0.4 is 0 Å². The predicted octanol–water partition coefficient (Wildman–Crippen LogP) is 1.13. The molecule has 0 saturated carbocycles. The van der Waals surface area contributed by atoms with Crippen LogP contribution in [0, 0.1) is 0 Å². The Hall–Kier alpha value is 0.200. The highest BCUT2D eigenvalue weighted by atomic mass is 127. The summed E-state index contributed by atoms with van der Waals surface area (Å²) in [6, 6.07) is 0. The molecule has 1 heterocycles. The summed E-state index contributed by atoms with van der Waals surface area (Å²) in [5, 5.41) is 0. The van der Waals surface area contributed by atoms with Gasteiger partial charge in [0.15, 0.2) is 0 Å². The Bertz CT molecular complexity index is 101. The molecule has 1 rings (SSSR count). The van der Waals surface area contributed by atoms with Crippen LogP contribution in [0.3, 0.4) is 0 Å². The molecule has 0 spiro atoms. The van der Waals surface area contributed by atoms with Gasteiger partial charge < -0.3 is 4.74 Å². The maximum absolute atomic E-state index is 10.4. The quantitative estimate of drug-likeness (QED) is 0.351. The van der Waals surface area contributed by atoms with Crippen LogP contribution in [-0.4, -0.2) is 16.0 Å². The van der Waals surface area contributed by atoms with Gasteiger partial charge in [-0.3, -0.25) is 4.79 Å². The molecular formula is C5H7IO2. The van der Waals surface area contributed by atoms with E-state index in [1.165, 1.54) is 0 Å². The molecule has 8 heavy (non-hydrogen) atoms. The van der Waals surface area contributed by atoms with Gasteiger partial charge in [0.05, 0.1) is 10.3 Å². The molecule has 0 aliphatic carbocycles. The Morgan fingerprint density at radius 3 is 2.62 bits per heavy atom. The van der Waals surface area contributed by atoms with Crippen molar-refractivity contribution in [2.24, 2.45) is 0 Å². The highest BCUT2D eigenvalue weighted by molar-refractivity contribution is 14.1. The number of carbonyl (C=O) groups excluding carboxylic acids is 1. The summed E-state index contributed by atoms with van der Waals surface area (Å²) in [5.74, 6) is -0.0584. The topological polar surface area (TPSA) is 26.3 Å². The molecule has 1 aliphatic heterocycles. The molecule has 0 bridgehead atoms. The molecule has 0 radical (unpaired) electrons. The fourth-order valence-electron chi connectivity index (χ4n) is 0.654. The van der Waals surface area contributed by atoms with Crippen LogP contribution in [0.25, 0.3) is 0 Å². The van der Waals surface area contributed by atoms with Crippen molar-refractivity contribution in [3.63, 3.8) is 0 Å². The van der Waals surface area contributed by atoms with E-state index in [0.29, 0.717) is 10.3 Å². The van der Waals surface area contributed by atoms with Crippen molar-refractivity contribution in [1.82, 2.24) is 0 Å². The van der Waals surface area contributed by atoms with Crippen LogP contribution in [0.4, 0.5) is 0 Å². The summed E-state index contributed by atoms with van der Waals surface area (Å²) in [4.78, 5) is 10.4. The number of esters is 1. The van der Waals surface area contributed by atoms with E-state index < -0.39 is 0 Å². The summed E-state index contributed by atoms with van der Waals surface area (Å²) in [5.41, 5.74) is 0. The summed E-state index contributed by atoms with van der Waals surface area (Å²) in [6.07, 6.45) is 0.713. The number of carbonyl (C=O) groups is 1. The molecule has 2 nitrogen and oxygen atoms in total. The first-order chi connectivity index (χ1) is 3.70. The molecule has 46 valence electrons. The lowest BCUT2D eigenvalue weighted by Crippen LogP contribution is -2.08. The molecule has 0 N–H and O–H groups in total. The fourth-order valence-corrected chi connectivity index (χ4v) is 1.16. The zero-order valence-corrected chi connectivity index (χ0v) is 6.71. The molecule has 1 saturated heterocycles. The van der Waals surface area contributed by atoms with Crippen molar-refractivity contribution < 1.29 is 9.53 Å². The minimum absolute atomic E-state index is 0.0584. The Balaban J connectivity index is 2.51. The van der Waals surface area contributed by atoms with Crippen molar-refractivity contribution in [3.8, 4) is 0 Å². The van der Waals surface area contributed by atoms with Gasteiger partial charge in [-0.25, -0.2) is 0 Å². The molecule has 0 aromatic heterocycles. The highest BCUT2D eigenvalue weighted by Gasteiger charge is 2.28. The summed E-state index contributed by atoms with van der Waals surface area (Å²) in [6.45, 7) is 1.92. The van der Waals surface area contributed by atoms with Gasteiger partial charge in [0, 0.05) is 0 Å². The van der Waals surface area contributed by atoms with Gasteiger partial charge in [-0.2, -0.15) is 0 Å². The molecule has 3 heteroatoms. The summed E-state index contributed by atoms with van der Waals surface area (Å²) in [7, 11) is 0. The zero-order valence-electron chi connectivity index (χ0n) is 4.56. The highest BCUT2D eigenvalue weighted by Crippen LogP contribution is 2.21. The lowest BCUT2D eigenvalue weighted by Gasteiger charge is -2.02.